The van der Waals surface area contributed by atoms with E-state index in [1.807, 2.05) is 36.4 Å². The number of aromatic nitrogens is 2. The normalized spacial score (nSPS) is 11.9. The van der Waals surface area contributed by atoms with E-state index in [1.54, 1.807) is 0 Å². The Morgan fingerprint density at radius 1 is 0.488 bits per heavy atom. The first-order chi connectivity index (χ1) is 20.3. The van der Waals surface area contributed by atoms with Gasteiger partial charge in [0.05, 0.1) is 16.6 Å². The van der Waals surface area contributed by atoms with E-state index in [2.05, 4.69) is 102 Å². The molecule has 9 aromatic rings. The maximum Gasteiger partial charge on any atom is 0.147 e. The van der Waals surface area contributed by atoms with Gasteiger partial charge >= 0.3 is 0 Å². The molecule has 0 saturated carbocycles. The number of rotatable bonds is 3. The van der Waals surface area contributed by atoms with E-state index in [1.165, 1.54) is 0 Å². The monoisotopic (exact) mass is 526 g/mol. The van der Waals surface area contributed by atoms with Gasteiger partial charge in [-0.3, -0.25) is 4.57 Å². The lowest BCUT2D eigenvalue weighted by atomic mass is 9.98. The van der Waals surface area contributed by atoms with Crippen LogP contribution >= 0.6 is 0 Å². The zero-order chi connectivity index (χ0) is 26.9. The van der Waals surface area contributed by atoms with Gasteiger partial charge in [0.15, 0.2) is 0 Å². The molecule has 4 nitrogen and oxygen atoms in total. The van der Waals surface area contributed by atoms with Crippen LogP contribution in [0.25, 0.3) is 83.1 Å². The smallest absolute Gasteiger partial charge is 0.147 e. The van der Waals surface area contributed by atoms with Gasteiger partial charge in [-0.05, 0) is 48.0 Å². The molecule has 41 heavy (non-hydrogen) atoms. The lowest BCUT2D eigenvalue weighted by molar-refractivity contribution is 0.658. The van der Waals surface area contributed by atoms with Crippen molar-refractivity contribution in [3.8, 4) is 28.2 Å². The highest BCUT2D eigenvalue weighted by atomic mass is 16.3. The molecule has 0 bridgehead atoms. The van der Waals surface area contributed by atoms with Gasteiger partial charge in [-0.25, -0.2) is 4.98 Å². The number of hydrogen-bond acceptors (Lipinski definition) is 3. The molecule has 0 radical (unpaired) electrons. The molecule has 0 unspecified atom stereocenters. The summed E-state index contributed by atoms with van der Waals surface area (Å²) in [6.45, 7) is 0. The van der Waals surface area contributed by atoms with Crippen molar-refractivity contribution in [2.24, 2.45) is 0 Å². The molecule has 0 spiro atoms. The predicted molar refractivity (Wildman–Crippen MR) is 166 cm³/mol. The Morgan fingerprint density at radius 2 is 1.07 bits per heavy atom. The summed E-state index contributed by atoms with van der Waals surface area (Å²) in [5.41, 5.74) is 9.56. The molecule has 0 amide bonds. The molecule has 0 aliphatic heterocycles. The van der Waals surface area contributed by atoms with Gasteiger partial charge in [0.2, 0.25) is 0 Å². The van der Waals surface area contributed by atoms with Crippen LogP contribution in [0.1, 0.15) is 0 Å². The summed E-state index contributed by atoms with van der Waals surface area (Å²) >= 11 is 0. The van der Waals surface area contributed by atoms with Gasteiger partial charge in [-0.2, -0.15) is 0 Å². The molecule has 0 aliphatic carbocycles. The fourth-order valence-corrected chi connectivity index (χ4v) is 6.14. The SMILES string of the molecule is c1ccc(-c2nc3ccccc3n2-c2ccc(-c3c4oc5ccccc5c4cc4c3oc3ccccc34)cc2)cc1. The van der Waals surface area contributed by atoms with E-state index in [4.69, 9.17) is 13.8 Å². The maximum absolute atomic E-state index is 6.50. The average Bonchev–Trinajstić information content (AvgIpc) is 3.72. The Balaban J connectivity index is 1.30. The van der Waals surface area contributed by atoms with Crippen molar-refractivity contribution in [2.75, 3.05) is 0 Å². The van der Waals surface area contributed by atoms with Gasteiger partial charge < -0.3 is 8.83 Å². The third-order valence-corrected chi connectivity index (χ3v) is 8.02. The second-order valence-corrected chi connectivity index (χ2v) is 10.4. The number of nitrogens with zero attached hydrogens (tertiary/aromatic N) is 2. The van der Waals surface area contributed by atoms with Crippen LogP contribution in [0.5, 0.6) is 0 Å². The summed E-state index contributed by atoms with van der Waals surface area (Å²) in [6, 6.07) is 45.9. The highest BCUT2D eigenvalue weighted by Gasteiger charge is 2.21. The van der Waals surface area contributed by atoms with E-state index < -0.39 is 0 Å². The first-order valence-electron chi connectivity index (χ1n) is 13.7. The summed E-state index contributed by atoms with van der Waals surface area (Å²) in [6.07, 6.45) is 0. The second-order valence-electron chi connectivity index (χ2n) is 10.4. The fraction of sp³-hybridized carbons (Fsp3) is 0. The van der Waals surface area contributed by atoms with E-state index in [0.717, 1.165) is 83.1 Å². The van der Waals surface area contributed by atoms with Crippen molar-refractivity contribution in [1.82, 2.24) is 9.55 Å². The van der Waals surface area contributed by atoms with E-state index >= 15 is 0 Å². The molecule has 6 aromatic carbocycles. The Bertz CT molecular complexity index is 2320. The lowest BCUT2D eigenvalue weighted by Gasteiger charge is -2.11. The van der Waals surface area contributed by atoms with Crippen LogP contribution in [0, 0.1) is 0 Å². The number of hydrogen-bond donors (Lipinski definition) is 0. The molecular formula is C37H22N2O2. The minimum absolute atomic E-state index is 0.837. The fourth-order valence-electron chi connectivity index (χ4n) is 6.14. The van der Waals surface area contributed by atoms with Gasteiger partial charge in [-0.15, -0.1) is 0 Å². The van der Waals surface area contributed by atoms with Gasteiger partial charge in [0, 0.05) is 32.8 Å². The average molecular weight is 527 g/mol. The zero-order valence-corrected chi connectivity index (χ0v) is 21.9. The molecule has 0 saturated heterocycles. The number of para-hydroxylation sites is 4. The molecule has 0 fully saturated rings. The van der Waals surface area contributed by atoms with Gasteiger partial charge in [0.1, 0.15) is 28.2 Å². The minimum atomic E-state index is 0.837. The van der Waals surface area contributed by atoms with Crippen LogP contribution < -0.4 is 0 Å². The molecule has 0 aliphatic rings. The van der Waals surface area contributed by atoms with Crippen molar-refractivity contribution in [3.63, 3.8) is 0 Å². The molecular weight excluding hydrogens is 504 g/mol. The first-order valence-corrected chi connectivity index (χ1v) is 13.7. The predicted octanol–water partition coefficient (Wildman–Crippen LogP) is 10.2. The number of benzene rings is 6. The van der Waals surface area contributed by atoms with Crippen molar-refractivity contribution < 1.29 is 8.83 Å². The van der Waals surface area contributed by atoms with Crippen LogP contribution in [0.3, 0.4) is 0 Å². The molecule has 0 N–H and O–H groups in total. The van der Waals surface area contributed by atoms with E-state index in [0.29, 0.717) is 0 Å². The van der Waals surface area contributed by atoms with Gasteiger partial charge in [-0.1, -0.05) is 91.0 Å². The van der Waals surface area contributed by atoms with Crippen LogP contribution in [0.4, 0.5) is 0 Å². The zero-order valence-electron chi connectivity index (χ0n) is 21.9. The highest BCUT2D eigenvalue weighted by Crippen LogP contribution is 2.44. The van der Waals surface area contributed by atoms with Crippen LogP contribution in [-0.2, 0) is 0 Å². The van der Waals surface area contributed by atoms with Crippen LogP contribution in [-0.4, -0.2) is 9.55 Å². The first kappa shape index (κ1) is 22.2. The summed E-state index contributed by atoms with van der Waals surface area (Å²) < 4.78 is 15.2. The lowest BCUT2D eigenvalue weighted by Crippen LogP contribution is -1.97. The number of fused-ring (bicyclic) bond motifs is 7. The van der Waals surface area contributed by atoms with E-state index in [9.17, 15) is 0 Å². The Kier molecular flexibility index (Phi) is 4.58. The summed E-state index contributed by atoms with van der Waals surface area (Å²) in [7, 11) is 0. The number of furan rings is 2. The highest BCUT2D eigenvalue weighted by molar-refractivity contribution is 6.21. The molecule has 0 atom stereocenters. The summed E-state index contributed by atoms with van der Waals surface area (Å²) in [4.78, 5) is 5.00. The second kappa shape index (κ2) is 8.44. The molecule has 3 aromatic heterocycles. The van der Waals surface area contributed by atoms with Crippen molar-refractivity contribution in [1.29, 1.82) is 0 Å². The quantitative estimate of drug-likeness (QED) is 0.230. The summed E-state index contributed by atoms with van der Waals surface area (Å²) in [5.74, 6) is 0.915. The molecule has 3 heterocycles. The molecule has 192 valence electrons. The maximum atomic E-state index is 6.50. The largest absolute Gasteiger partial charge is 0.455 e. The van der Waals surface area contributed by atoms with Gasteiger partial charge in [0.25, 0.3) is 0 Å². The van der Waals surface area contributed by atoms with E-state index in [-0.39, 0.29) is 0 Å². The van der Waals surface area contributed by atoms with Crippen LogP contribution in [0.2, 0.25) is 0 Å². The number of imidazole rings is 1. The third kappa shape index (κ3) is 3.25. The van der Waals surface area contributed by atoms with Crippen LogP contribution in [0.15, 0.2) is 142 Å². The topological polar surface area (TPSA) is 44.1 Å². The standard InChI is InChI=1S/C37H22N2O2/c1-2-10-24(11-3-1)37-38-30-14-6-7-15-31(30)39(37)25-20-18-23(19-21-25)34-35-28(26-12-4-8-16-32(26)40-35)22-29-27-13-5-9-17-33(27)41-36(29)34/h1-22H. The minimum Gasteiger partial charge on any atom is -0.455 e. The Morgan fingerprint density at radius 3 is 1.76 bits per heavy atom. The molecule has 4 heteroatoms. The molecule has 9 rings (SSSR count). The van der Waals surface area contributed by atoms with Crippen molar-refractivity contribution in [3.05, 3.63) is 133 Å². The third-order valence-electron chi connectivity index (χ3n) is 8.02. The van der Waals surface area contributed by atoms with Crippen molar-refractivity contribution >= 4 is 54.9 Å². The summed E-state index contributed by atoms with van der Waals surface area (Å²) in [5, 5.41) is 4.38. The Labute approximate surface area is 234 Å². The Hall–Kier alpha value is -5.61. The van der Waals surface area contributed by atoms with Crippen molar-refractivity contribution in [2.45, 2.75) is 0 Å².